The van der Waals surface area contributed by atoms with Gasteiger partial charge in [0, 0.05) is 6.07 Å². The highest BCUT2D eigenvalue weighted by Gasteiger charge is 2.18. The number of nitrogens with zero attached hydrogens (tertiary/aromatic N) is 1. The van der Waals surface area contributed by atoms with Gasteiger partial charge in [0.25, 0.3) is 5.69 Å². The van der Waals surface area contributed by atoms with Crippen molar-refractivity contribution >= 4 is 17.6 Å². The van der Waals surface area contributed by atoms with E-state index in [2.05, 4.69) is 0 Å². The van der Waals surface area contributed by atoms with Crippen molar-refractivity contribution in [3.8, 4) is 0 Å². The van der Waals surface area contributed by atoms with Crippen LogP contribution in [0.2, 0.25) is 0 Å². The zero-order valence-corrected chi connectivity index (χ0v) is 12.8. The lowest BCUT2D eigenvalue weighted by atomic mass is 10.2. The monoisotopic (exact) mass is 323 g/mol. The maximum Gasteiger partial charge on any atom is 0.373 e. The molecular formula is C15H17NO7. The molecule has 0 aromatic heterocycles. The molecule has 0 aliphatic heterocycles. The summed E-state index contributed by atoms with van der Waals surface area (Å²) in [6, 6.07) is 5.93. The van der Waals surface area contributed by atoms with E-state index in [4.69, 9.17) is 14.2 Å². The van der Waals surface area contributed by atoms with E-state index >= 15 is 0 Å². The van der Waals surface area contributed by atoms with Crippen LogP contribution in [-0.2, 0) is 30.4 Å². The summed E-state index contributed by atoms with van der Waals surface area (Å²) in [6.07, 6.45) is 0.857. The van der Waals surface area contributed by atoms with Gasteiger partial charge in [-0.3, -0.25) is 10.1 Å². The Morgan fingerprint density at radius 3 is 2.39 bits per heavy atom. The predicted octanol–water partition coefficient (Wildman–Crippen LogP) is 2.12. The maximum atomic E-state index is 11.8. The number of benzene rings is 1. The molecule has 1 aromatic rings. The Kier molecular flexibility index (Phi) is 7.25. The number of hydrogen-bond donors (Lipinski definition) is 0. The van der Waals surface area contributed by atoms with Crippen LogP contribution in [0, 0.1) is 10.1 Å². The van der Waals surface area contributed by atoms with Gasteiger partial charge in [0.15, 0.2) is 0 Å². The minimum Gasteiger partial charge on any atom is -0.481 e. The van der Waals surface area contributed by atoms with Crippen LogP contribution in [0.15, 0.2) is 36.1 Å². The molecule has 124 valence electrons. The summed E-state index contributed by atoms with van der Waals surface area (Å²) in [4.78, 5) is 33.6. The lowest BCUT2D eigenvalue weighted by molar-refractivity contribution is -0.385. The molecule has 0 atom stereocenters. The number of ether oxygens (including phenoxy) is 3. The molecule has 0 saturated carbocycles. The Morgan fingerprint density at radius 1 is 1.13 bits per heavy atom. The summed E-state index contributed by atoms with van der Waals surface area (Å²) in [5.74, 6) is -1.99. The lowest BCUT2D eigenvalue weighted by Gasteiger charge is -2.10. The van der Waals surface area contributed by atoms with Gasteiger partial charge >= 0.3 is 11.9 Å². The Morgan fingerprint density at radius 2 is 1.78 bits per heavy atom. The topological polar surface area (TPSA) is 105 Å². The van der Waals surface area contributed by atoms with E-state index in [0.29, 0.717) is 0 Å². The fourth-order valence-electron chi connectivity index (χ4n) is 1.62. The molecule has 0 amide bonds. The van der Waals surface area contributed by atoms with Crippen molar-refractivity contribution in [2.24, 2.45) is 0 Å². The SMILES string of the molecule is CCOC(=O)/C=C(\OCc1ccccc1[N+](=O)[O-])C(=O)OCC. The first-order chi connectivity index (χ1) is 11.0. The van der Waals surface area contributed by atoms with E-state index in [-0.39, 0.29) is 36.8 Å². The summed E-state index contributed by atoms with van der Waals surface area (Å²) in [6.45, 7) is 3.18. The molecule has 23 heavy (non-hydrogen) atoms. The van der Waals surface area contributed by atoms with Gasteiger partial charge in [-0.25, -0.2) is 9.59 Å². The Bertz CT molecular complexity index is 610. The van der Waals surface area contributed by atoms with E-state index in [1.807, 2.05) is 0 Å². The van der Waals surface area contributed by atoms with Crippen molar-refractivity contribution in [3.05, 3.63) is 51.8 Å². The van der Waals surface area contributed by atoms with Crippen LogP contribution in [0.5, 0.6) is 0 Å². The molecule has 1 aromatic carbocycles. The number of carbonyl (C=O) groups excluding carboxylic acids is 2. The van der Waals surface area contributed by atoms with E-state index < -0.39 is 16.9 Å². The van der Waals surface area contributed by atoms with Gasteiger partial charge in [-0.15, -0.1) is 0 Å². The van der Waals surface area contributed by atoms with Crippen LogP contribution in [0.1, 0.15) is 19.4 Å². The summed E-state index contributed by atoms with van der Waals surface area (Å²) < 4.78 is 14.7. The Hall–Kier alpha value is -2.90. The van der Waals surface area contributed by atoms with Gasteiger partial charge in [0.1, 0.15) is 6.61 Å². The van der Waals surface area contributed by atoms with Crippen molar-refractivity contribution in [3.63, 3.8) is 0 Å². The highest BCUT2D eigenvalue weighted by Crippen LogP contribution is 2.19. The third kappa shape index (κ3) is 5.77. The second-order valence-electron chi connectivity index (χ2n) is 4.16. The van der Waals surface area contributed by atoms with Crippen molar-refractivity contribution in [1.29, 1.82) is 0 Å². The molecule has 0 fully saturated rings. The van der Waals surface area contributed by atoms with E-state index in [1.165, 1.54) is 18.2 Å². The van der Waals surface area contributed by atoms with E-state index in [1.54, 1.807) is 19.9 Å². The third-order valence-corrected chi connectivity index (χ3v) is 2.58. The summed E-state index contributed by atoms with van der Waals surface area (Å²) in [5.41, 5.74) is 0.114. The number of nitro benzene ring substituents is 1. The highest BCUT2D eigenvalue weighted by atomic mass is 16.6. The molecule has 0 heterocycles. The molecule has 0 bridgehead atoms. The Balaban J connectivity index is 2.92. The average Bonchev–Trinajstić information content (AvgIpc) is 2.52. The first kappa shape index (κ1) is 18.1. The number of rotatable bonds is 8. The summed E-state index contributed by atoms with van der Waals surface area (Å²) in [5, 5.41) is 10.9. The van der Waals surface area contributed by atoms with Gasteiger partial charge < -0.3 is 14.2 Å². The average molecular weight is 323 g/mol. The molecule has 0 aliphatic carbocycles. The predicted molar refractivity (Wildman–Crippen MR) is 79.2 cm³/mol. The smallest absolute Gasteiger partial charge is 0.373 e. The largest absolute Gasteiger partial charge is 0.481 e. The molecule has 0 radical (unpaired) electrons. The van der Waals surface area contributed by atoms with Crippen LogP contribution >= 0.6 is 0 Å². The van der Waals surface area contributed by atoms with Crippen LogP contribution in [0.25, 0.3) is 0 Å². The van der Waals surface area contributed by atoms with Gasteiger partial charge in [-0.05, 0) is 19.9 Å². The minimum absolute atomic E-state index is 0.0911. The maximum absolute atomic E-state index is 11.8. The van der Waals surface area contributed by atoms with Crippen LogP contribution < -0.4 is 0 Å². The molecule has 8 nitrogen and oxygen atoms in total. The van der Waals surface area contributed by atoms with E-state index in [0.717, 1.165) is 6.08 Å². The van der Waals surface area contributed by atoms with Gasteiger partial charge in [0.2, 0.25) is 5.76 Å². The number of esters is 2. The molecule has 0 unspecified atom stereocenters. The van der Waals surface area contributed by atoms with Gasteiger partial charge in [-0.2, -0.15) is 0 Å². The quantitative estimate of drug-likeness (QED) is 0.237. The Labute approximate surface area is 132 Å². The molecular weight excluding hydrogens is 306 g/mol. The number of para-hydroxylation sites is 1. The third-order valence-electron chi connectivity index (χ3n) is 2.58. The van der Waals surface area contributed by atoms with E-state index in [9.17, 15) is 19.7 Å². The number of hydrogen-bond acceptors (Lipinski definition) is 7. The van der Waals surface area contributed by atoms with Crippen molar-refractivity contribution < 1.29 is 28.7 Å². The lowest BCUT2D eigenvalue weighted by Crippen LogP contribution is -2.14. The van der Waals surface area contributed by atoms with Gasteiger partial charge in [-0.1, -0.05) is 12.1 Å². The highest BCUT2D eigenvalue weighted by molar-refractivity contribution is 5.94. The van der Waals surface area contributed by atoms with Crippen LogP contribution in [0.4, 0.5) is 5.69 Å². The molecule has 0 aliphatic rings. The van der Waals surface area contributed by atoms with Crippen molar-refractivity contribution in [1.82, 2.24) is 0 Å². The van der Waals surface area contributed by atoms with Crippen LogP contribution in [-0.4, -0.2) is 30.1 Å². The second kappa shape index (κ2) is 9.19. The standard InChI is InChI=1S/C15H17NO7/c1-3-21-14(17)9-13(15(18)22-4-2)23-10-11-7-5-6-8-12(11)16(19)20/h5-9H,3-4,10H2,1-2H3/b13-9-. The molecule has 0 N–H and O–H groups in total. The molecule has 8 heteroatoms. The van der Waals surface area contributed by atoms with Gasteiger partial charge in [0.05, 0.1) is 29.8 Å². The first-order valence-corrected chi connectivity index (χ1v) is 6.90. The van der Waals surface area contributed by atoms with Crippen LogP contribution in [0.3, 0.4) is 0 Å². The fraction of sp³-hybridized carbons (Fsp3) is 0.333. The molecule has 0 saturated heterocycles. The van der Waals surface area contributed by atoms with Crippen molar-refractivity contribution in [2.75, 3.05) is 13.2 Å². The summed E-state index contributed by atoms with van der Waals surface area (Å²) >= 11 is 0. The minimum atomic E-state index is -0.848. The second-order valence-corrected chi connectivity index (χ2v) is 4.16. The zero-order valence-electron chi connectivity index (χ0n) is 12.8. The number of nitro groups is 1. The molecule has 0 spiro atoms. The zero-order chi connectivity index (χ0) is 17.2. The molecule has 1 rings (SSSR count). The normalized spacial score (nSPS) is 10.8. The van der Waals surface area contributed by atoms with Crippen molar-refractivity contribution in [2.45, 2.75) is 20.5 Å². The first-order valence-electron chi connectivity index (χ1n) is 6.90. The number of carbonyl (C=O) groups is 2. The fourth-order valence-corrected chi connectivity index (χ4v) is 1.62. The summed E-state index contributed by atoms with van der Waals surface area (Å²) in [7, 11) is 0.